The van der Waals surface area contributed by atoms with Crippen molar-refractivity contribution in [3.8, 4) is 0 Å². The minimum atomic E-state index is 0.573. The Bertz CT molecular complexity index is 438. The van der Waals surface area contributed by atoms with Crippen LogP contribution in [-0.2, 0) is 13.6 Å². The van der Waals surface area contributed by atoms with Crippen molar-refractivity contribution in [3.63, 3.8) is 0 Å². The summed E-state index contributed by atoms with van der Waals surface area (Å²) in [7, 11) is 2.02. The van der Waals surface area contributed by atoms with E-state index < -0.39 is 0 Å². The van der Waals surface area contributed by atoms with E-state index in [4.69, 9.17) is 0 Å². The molecule has 4 heteroatoms. The lowest BCUT2D eigenvalue weighted by Crippen LogP contribution is -2.44. The molecular formula is C16H30N4. The predicted molar refractivity (Wildman–Crippen MR) is 83.8 cm³/mol. The molecule has 4 nitrogen and oxygen atoms in total. The second-order valence-electron chi connectivity index (χ2n) is 6.24. The van der Waals surface area contributed by atoms with Gasteiger partial charge >= 0.3 is 0 Å². The van der Waals surface area contributed by atoms with Gasteiger partial charge in [0.05, 0.1) is 5.69 Å². The normalized spacial score (nSPS) is 22.1. The Morgan fingerprint density at radius 3 is 2.75 bits per heavy atom. The number of rotatable bonds is 5. The van der Waals surface area contributed by atoms with Gasteiger partial charge in [0.15, 0.2) is 0 Å². The Kier molecular flexibility index (Phi) is 5.22. The minimum Gasteiger partial charge on any atom is -0.310 e. The average molecular weight is 278 g/mol. The van der Waals surface area contributed by atoms with Crippen LogP contribution in [0.3, 0.4) is 0 Å². The van der Waals surface area contributed by atoms with Crippen LogP contribution in [0.4, 0.5) is 0 Å². The fraction of sp³-hybridized carbons (Fsp3) is 0.812. The average Bonchev–Trinajstić information content (AvgIpc) is 2.70. The molecule has 1 aromatic rings. The summed E-state index contributed by atoms with van der Waals surface area (Å²) in [6.45, 7) is 13.5. The smallest absolute Gasteiger partial charge is 0.0641 e. The molecule has 1 fully saturated rings. The van der Waals surface area contributed by atoms with Gasteiger partial charge in [-0.15, -0.1) is 0 Å². The molecule has 20 heavy (non-hydrogen) atoms. The van der Waals surface area contributed by atoms with E-state index in [-0.39, 0.29) is 0 Å². The lowest BCUT2D eigenvalue weighted by Gasteiger charge is -2.35. The number of hydrogen-bond acceptors (Lipinski definition) is 3. The van der Waals surface area contributed by atoms with Crippen LogP contribution in [-0.4, -0.2) is 40.4 Å². The summed E-state index contributed by atoms with van der Waals surface area (Å²) in [5.41, 5.74) is 3.80. The van der Waals surface area contributed by atoms with Gasteiger partial charge < -0.3 is 10.2 Å². The van der Waals surface area contributed by atoms with Gasteiger partial charge in [-0.25, -0.2) is 0 Å². The van der Waals surface area contributed by atoms with Crippen molar-refractivity contribution in [1.29, 1.82) is 0 Å². The number of likely N-dealkylation sites (tertiary alicyclic amines) is 1. The topological polar surface area (TPSA) is 33.1 Å². The predicted octanol–water partition coefficient (Wildman–Crippen LogP) is 2.25. The summed E-state index contributed by atoms with van der Waals surface area (Å²) >= 11 is 0. The van der Waals surface area contributed by atoms with Gasteiger partial charge in [-0.2, -0.15) is 5.10 Å². The van der Waals surface area contributed by atoms with Crippen LogP contribution in [0, 0.1) is 19.8 Å². The van der Waals surface area contributed by atoms with Crippen LogP contribution >= 0.6 is 0 Å². The van der Waals surface area contributed by atoms with E-state index in [2.05, 4.69) is 43.0 Å². The molecule has 2 unspecified atom stereocenters. The number of aryl methyl sites for hydroxylation is 2. The van der Waals surface area contributed by atoms with E-state index in [0.717, 1.165) is 18.2 Å². The SMILES string of the molecule is CCN1CCCC(C(C)NCc2c(C)nn(C)c2C)C1. The Hall–Kier alpha value is -0.870. The number of nitrogens with zero attached hydrogens (tertiary/aromatic N) is 3. The van der Waals surface area contributed by atoms with E-state index >= 15 is 0 Å². The lowest BCUT2D eigenvalue weighted by molar-refractivity contribution is 0.156. The Morgan fingerprint density at radius 2 is 2.15 bits per heavy atom. The van der Waals surface area contributed by atoms with Crippen LogP contribution in [0.2, 0.25) is 0 Å². The quantitative estimate of drug-likeness (QED) is 0.897. The zero-order valence-corrected chi connectivity index (χ0v) is 13.7. The maximum atomic E-state index is 4.49. The molecule has 0 aromatic carbocycles. The van der Waals surface area contributed by atoms with E-state index in [0.29, 0.717) is 6.04 Å². The summed E-state index contributed by atoms with van der Waals surface area (Å²) in [4.78, 5) is 2.58. The minimum absolute atomic E-state index is 0.573. The summed E-state index contributed by atoms with van der Waals surface area (Å²) in [5.74, 6) is 0.779. The highest BCUT2D eigenvalue weighted by Crippen LogP contribution is 2.20. The van der Waals surface area contributed by atoms with Crippen molar-refractivity contribution in [2.75, 3.05) is 19.6 Å². The largest absolute Gasteiger partial charge is 0.310 e. The zero-order valence-electron chi connectivity index (χ0n) is 13.7. The molecule has 0 spiro atoms. The third-order valence-electron chi connectivity index (χ3n) is 4.96. The summed E-state index contributed by atoms with van der Waals surface area (Å²) < 4.78 is 1.98. The molecule has 0 aliphatic carbocycles. The van der Waals surface area contributed by atoms with Gasteiger partial charge in [0.25, 0.3) is 0 Å². The van der Waals surface area contributed by atoms with Crippen LogP contribution in [0.1, 0.15) is 43.6 Å². The van der Waals surface area contributed by atoms with E-state index in [1.807, 2.05) is 11.7 Å². The highest BCUT2D eigenvalue weighted by Gasteiger charge is 2.23. The zero-order chi connectivity index (χ0) is 14.7. The fourth-order valence-electron chi connectivity index (χ4n) is 3.29. The van der Waals surface area contributed by atoms with E-state index in [9.17, 15) is 0 Å². The molecule has 2 atom stereocenters. The first-order valence-electron chi connectivity index (χ1n) is 7.97. The lowest BCUT2D eigenvalue weighted by atomic mass is 9.91. The molecular weight excluding hydrogens is 248 g/mol. The highest BCUT2D eigenvalue weighted by atomic mass is 15.3. The highest BCUT2D eigenvalue weighted by molar-refractivity contribution is 5.24. The van der Waals surface area contributed by atoms with Crippen molar-refractivity contribution in [2.45, 2.75) is 53.1 Å². The summed E-state index contributed by atoms with van der Waals surface area (Å²) in [6, 6.07) is 0.573. The van der Waals surface area contributed by atoms with Crippen molar-refractivity contribution >= 4 is 0 Å². The molecule has 0 amide bonds. The van der Waals surface area contributed by atoms with E-state index in [1.54, 1.807) is 0 Å². The van der Waals surface area contributed by atoms with Crippen molar-refractivity contribution in [1.82, 2.24) is 20.0 Å². The fourth-order valence-corrected chi connectivity index (χ4v) is 3.29. The van der Waals surface area contributed by atoms with Crippen molar-refractivity contribution in [2.24, 2.45) is 13.0 Å². The van der Waals surface area contributed by atoms with Crippen LogP contribution in [0.5, 0.6) is 0 Å². The van der Waals surface area contributed by atoms with Gasteiger partial charge in [-0.1, -0.05) is 6.92 Å². The first-order chi connectivity index (χ1) is 9.52. The maximum Gasteiger partial charge on any atom is 0.0641 e. The van der Waals surface area contributed by atoms with Gasteiger partial charge in [0.2, 0.25) is 0 Å². The Labute approximate surface area is 123 Å². The number of piperidine rings is 1. The first-order valence-corrected chi connectivity index (χ1v) is 7.97. The van der Waals surface area contributed by atoms with E-state index in [1.165, 1.54) is 43.7 Å². The maximum absolute atomic E-state index is 4.49. The first kappa shape index (κ1) is 15.5. The standard InChI is InChI=1S/C16H30N4/c1-6-20-9-7-8-15(11-20)12(2)17-10-16-13(3)18-19(5)14(16)4/h12,15,17H,6-11H2,1-5H3. The molecule has 1 aliphatic rings. The molecule has 0 saturated carbocycles. The molecule has 0 radical (unpaired) electrons. The van der Waals surface area contributed by atoms with Crippen molar-refractivity contribution < 1.29 is 0 Å². The third kappa shape index (κ3) is 3.41. The summed E-state index contributed by atoms with van der Waals surface area (Å²) in [5, 5.41) is 8.22. The van der Waals surface area contributed by atoms with Crippen molar-refractivity contribution in [3.05, 3.63) is 17.0 Å². The second kappa shape index (κ2) is 6.72. The monoisotopic (exact) mass is 278 g/mol. The molecule has 1 saturated heterocycles. The van der Waals surface area contributed by atoms with Gasteiger partial charge in [0, 0.05) is 37.4 Å². The molecule has 0 bridgehead atoms. The molecule has 2 rings (SSSR count). The number of hydrogen-bond donors (Lipinski definition) is 1. The summed E-state index contributed by atoms with van der Waals surface area (Å²) in [6.07, 6.45) is 2.70. The Morgan fingerprint density at radius 1 is 1.40 bits per heavy atom. The van der Waals surface area contributed by atoms with Crippen LogP contribution in [0.15, 0.2) is 0 Å². The molecule has 1 aliphatic heterocycles. The van der Waals surface area contributed by atoms with Gasteiger partial charge in [0.1, 0.15) is 0 Å². The molecule has 1 aromatic heterocycles. The van der Waals surface area contributed by atoms with Crippen LogP contribution < -0.4 is 5.32 Å². The Balaban J connectivity index is 1.90. The number of nitrogens with one attached hydrogen (secondary N) is 1. The van der Waals surface area contributed by atoms with Crippen LogP contribution in [0.25, 0.3) is 0 Å². The molecule has 2 heterocycles. The molecule has 114 valence electrons. The molecule has 1 N–H and O–H groups in total. The van der Waals surface area contributed by atoms with Gasteiger partial charge in [-0.3, -0.25) is 4.68 Å². The second-order valence-corrected chi connectivity index (χ2v) is 6.24. The number of aromatic nitrogens is 2. The third-order valence-corrected chi connectivity index (χ3v) is 4.96. The van der Waals surface area contributed by atoms with Gasteiger partial charge in [-0.05, 0) is 52.6 Å².